The van der Waals surface area contributed by atoms with Crippen molar-refractivity contribution in [2.75, 3.05) is 18.4 Å². The number of benzene rings is 2. The molecule has 0 spiro atoms. The Kier molecular flexibility index (Phi) is 6.49. The highest BCUT2D eigenvalue weighted by Crippen LogP contribution is 2.47. The monoisotopic (exact) mass is 431 g/mol. The van der Waals surface area contributed by atoms with E-state index in [2.05, 4.69) is 73.5 Å². The molecule has 2 aromatic rings. The molecule has 5 nitrogen and oxygen atoms in total. The van der Waals surface area contributed by atoms with E-state index in [1.54, 1.807) is 11.6 Å². The van der Waals surface area contributed by atoms with Crippen LogP contribution in [0.4, 0.5) is 5.69 Å². The van der Waals surface area contributed by atoms with Crippen LogP contribution in [-0.4, -0.2) is 35.1 Å². The Morgan fingerprint density at radius 3 is 2.66 bits per heavy atom. The zero-order valence-corrected chi connectivity index (χ0v) is 19.1. The van der Waals surface area contributed by atoms with E-state index in [0.717, 1.165) is 31.6 Å². The predicted molar refractivity (Wildman–Crippen MR) is 129 cm³/mol. The second-order valence-electron chi connectivity index (χ2n) is 9.88. The van der Waals surface area contributed by atoms with Gasteiger partial charge in [-0.3, -0.25) is 14.9 Å². The topological polar surface area (TPSA) is 64.6 Å². The molecule has 2 aliphatic heterocycles. The smallest absolute Gasteiger partial charge is 0.267 e. The van der Waals surface area contributed by atoms with Gasteiger partial charge in [-0.1, -0.05) is 74.9 Å². The van der Waals surface area contributed by atoms with Crippen LogP contribution in [0.3, 0.4) is 0 Å². The minimum Gasteiger partial charge on any atom is -0.381 e. The maximum atomic E-state index is 11.2. The second kappa shape index (κ2) is 9.31. The molecular formula is C27H33N3O2. The van der Waals surface area contributed by atoms with Crippen LogP contribution in [0.2, 0.25) is 0 Å². The lowest BCUT2D eigenvalue weighted by atomic mass is 9.74. The van der Waals surface area contributed by atoms with E-state index in [9.17, 15) is 4.79 Å². The number of anilines is 1. The zero-order valence-electron chi connectivity index (χ0n) is 19.1. The molecule has 2 unspecified atom stereocenters. The first-order valence-electron chi connectivity index (χ1n) is 11.3. The van der Waals surface area contributed by atoms with E-state index >= 15 is 0 Å². The summed E-state index contributed by atoms with van der Waals surface area (Å²) in [5, 5.41) is 12.4. The summed E-state index contributed by atoms with van der Waals surface area (Å²) in [5.74, 6) is -0.127. The average molecular weight is 432 g/mol. The van der Waals surface area contributed by atoms with Gasteiger partial charge < -0.3 is 5.32 Å². The summed E-state index contributed by atoms with van der Waals surface area (Å²) < 4.78 is 0. The van der Waals surface area contributed by atoms with Crippen LogP contribution in [0.15, 0.2) is 66.3 Å². The number of carbonyl (C=O) groups excluding carboxylic acids is 1. The van der Waals surface area contributed by atoms with Crippen LogP contribution in [0.1, 0.15) is 49.8 Å². The van der Waals surface area contributed by atoms with Crippen molar-refractivity contribution < 1.29 is 10.0 Å². The van der Waals surface area contributed by atoms with Gasteiger partial charge in [0.15, 0.2) is 0 Å². The summed E-state index contributed by atoms with van der Waals surface area (Å²) in [6.45, 7) is 9.91. The molecule has 0 saturated carbocycles. The molecule has 3 N–H and O–H groups in total. The summed E-state index contributed by atoms with van der Waals surface area (Å²) in [4.78, 5) is 13.7. The molecule has 32 heavy (non-hydrogen) atoms. The first kappa shape index (κ1) is 22.3. The lowest BCUT2D eigenvalue weighted by molar-refractivity contribution is -0.124. The van der Waals surface area contributed by atoms with Gasteiger partial charge in [-0.05, 0) is 40.7 Å². The van der Waals surface area contributed by atoms with Gasteiger partial charge in [0.2, 0.25) is 0 Å². The van der Waals surface area contributed by atoms with E-state index < -0.39 is 5.91 Å². The number of amides is 1. The van der Waals surface area contributed by atoms with Crippen LogP contribution < -0.4 is 10.8 Å². The first-order chi connectivity index (χ1) is 15.3. The minimum atomic E-state index is -0.529. The molecule has 1 amide bonds. The van der Waals surface area contributed by atoms with E-state index in [0.29, 0.717) is 12.0 Å². The van der Waals surface area contributed by atoms with Crippen molar-refractivity contribution in [3.05, 3.63) is 82.9 Å². The molecule has 4 rings (SSSR count). The molecule has 0 aliphatic carbocycles. The van der Waals surface area contributed by atoms with Crippen molar-refractivity contribution in [1.82, 2.24) is 10.4 Å². The van der Waals surface area contributed by atoms with Gasteiger partial charge >= 0.3 is 0 Å². The molecule has 2 atom stereocenters. The lowest BCUT2D eigenvalue weighted by Crippen LogP contribution is -2.39. The van der Waals surface area contributed by atoms with Gasteiger partial charge in [-0.25, -0.2) is 5.48 Å². The van der Waals surface area contributed by atoms with Crippen molar-refractivity contribution in [3.63, 3.8) is 0 Å². The molecule has 2 aliphatic rings. The van der Waals surface area contributed by atoms with Crippen molar-refractivity contribution in [1.29, 1.82) is 0 Å². The van der Waals surface area contributed by atoms with Crippen LogP contribution in [-0.2, 0) is 11.3 Å². The highest BCUT2D eigenvalue weighted by atomic mass is 16.5. The molecular weight excluding hydrogens is 398 g/mol. The molecule has 2 heterocycles. The fraction of sp³-hybridized carbons (Fsp3) is 0.370. The number of fused-ring (bicyclic) bond motifs is 1. The number of hydroxylamine groups is 1. The quantitative estimate of drug-likeness (QED) is 0.271. The number of hydrogen-bond donors (Lipinski definition) is 3. The Hall–Kier alpha value is -2.89. The number of carbonyl (C=O) groups is 1. The summed E-state index contributed by atoms with van der Waals surface area (Å²) >= 11 is 0. The maximum Gasteiger partial charge on any atom is 0.267 e. The molecule has 168 valence electrons. The normalized spacial score (nSPS) is 21.2. The molecule has 5 heteroatoms. The van der Waals surface area contributed by atoms with Crippen molar-refractivity contribution in [2.45, 2.75) is 45.7 Å². The van der Waals surface area contributed by atoms with Gasteiger partial charge in [0.05, 0.1) is 0 Å². The fourth-order valence-corrected chi connectivity index (χ4v) is 4.86. The molecule has 0 bridgehead atoms. The maximum absolute atomic E-state index is 11.2. The highest BCUT2D eigenvalue weighted by molar-refractivity contribution is 5.90. The van der Waals surface area contributed by atoms with Gasteiger partial charge in [-0.15, -0.1) is 0 Å². The van der Waals surface area contributed by atoms with Gasteiger partial charge in [0.25, 0.3) is 5.91 Å². The molecule has 0 aromatic heterocycles. The fourth-order valence-electron chi connectivity index (χ4n) is 4.86. The Labute approximate surface area is 190 Å². The summed E-state index contributed by atoms with van der Waals surface area (Å²) in [7, 11) is 0. The number of nitrogens with zero attached hydrogens (tertiary/aromatic N) is 1. The Balaban J connectivity index is 1.47. The largest absolute Gasteiger partial charge is 0.381 e. The first-order valence-corrected chi connectivity index (χ1v) is 11.3. The van der Waals surface area contributed by atoms with Gasteiger partial charge in [-0.2, -0.15) is 0 Å². The van der Waals surface area contributed by atoms with E-state index in [4.69, 9.17) is 5.21 Å². The van der Waals surface area contributed by atoms with Crippen LogP contribution >= 0.6 is 0 Å². The van der Waals surface area contributed by atoms with Gasteiger partial charge in [0.1, 0.15) is 0 Å². The molecule has 0 radical (unpaired) electrons. The summed E-state index contributed by atoms with van der Waals surface area (Å²) in [6, 6.07) is 17.4. The van der Waals surface area contributed by atoms with E-state index in [1.165, 1.54) is 28.5 Å². The van der Waals surface area contributed by atoms with Crippen LogP contribution in [0, 0.1) is 5.41 Å². The van der Waals surface area contributed by atoms with Crippen LogP contribution in [0.25, 0.3) is 6.08 Å². The Morgan fingerprint density at radius 2 is 1.94 bits per heavy atom. The van der Waals surface area contributed by atoms with E-state index in [-0.39, 0.29) is 5.41 Å². The predicted octanol–water partition coefficient (Wildman–Crippen LogP) is 4.96. The summed E-state index contributed by atoms with van der Waals surface area (Å²) in [5.41, 5.74) is 8.15. The lowest BCUT2D eigenvalue weighted by Gasteiger charge is -2.37. The average Bonchev–Trinajstić information content (AvgIpc) is 3.19. The number of nitrogens with one attached hydrogen (secondary N) is 2. The molecule has 0 fully saturated rings. The highest BCUT2D eigenvalue weighted by Gasteiger charge is 2.41. The Morgan fingerprint density at radius 1 is 1.19 bits per heavy atom. The van der Waals surface area contributed by atoms with Gasteiger partial charge in [0, 0.05) is 43.4 Å². The van der Waals surface area contributed by atoms with Crippen molar-refractivity contribution in [3.8, 4) is 0 Å². The number of rotatable bonds is 5. The SMILES string of the molecule is CC(C)(C)C1Nc2ccccc2C1C1=CCCN(Cc2ccc(/C=C/C(=O)NO)cc2)C1. The standard InChI is InChI=1S/C27H33N3O2/c1-27(2,3)26-25(22-8-4-5-9-23(22)28-26)21-7-6-16-30(18-21)17-20-12-10-19(11-13-20)14-15-24(31)29-32/h4-5,7-15,25-26,28,32H,6,16-18H2,1-3H3,(H,29,31)/b15-14+. The third-order valence-electron chi connectivity index (χ3n) is 6.45. The van der Waals surface area contributed by atoms with Crippen LogP contribution in [0.5, 0.6) is 0 Å². The third kappa shape index (κ3) is 4.95. The third-order valence-corrected chi connectivity index (χ3v) is 6.45. The number of para-hydroxylation sites is 1. The second-order valence-corrected chi connectivity index (χ2v) is 9.88. The number of hydrogen-bond acceptors (Lipinski definition) is 4. The molecule has 2 aromatic carbocycles. The van der Waals surface area contributed by atoms with E-state index in [1.807, 2.05) is 12.1 Å². The Bertz CT molecular complexity index is 1020. The minimum absolute atomic E-state index is 0.156. The van der Waals surface area contributed by atoms with Crippen molar-refractivity contribution >= 4 is 17.7 Å². The molecule has 0 saturated heterocycles. The summed E-state index contributed by atoms with van der Waals surface area (Å²) in [6.07, 6.45) is 6.54. The zero-order chi connectivity index (χ0) is 22.7. The van der Waals surface area contributed by atoms with Crippen molar-refractivity contribution in [2.24, 2.45) is 5.41 Å².